The molecule has 1 aromatic carbocycles. The largest absolute Gasteiger partial charge is 0.445 e. The van der Waals surface area contributed by atoms with Gasteiger partial charge in [-0.05, 0) is 30.2 Å². The SMILES string of the molecule is CC(CO)C1CCN(C(=O)OCc2ccccc2)CC1. The molecule has 1 amide bonds. The maximum Gasteiger partial charge on any atom is 0.410 e. The lowest BCUT2D eigenvalue weighted by Crippen LogP contribution is -2.40. The molecule has 1 saturated heterocycles. The predicted molar refractivity (Wildman–Crippen MR) is 77.2 cm³/mol. The molecule has 0 aromatic heterocycles. The smallest absolute Gasteiger partial charge is 0.410 e. The highest BCUT2D eigenvalue weighted by molar-refractivity contribution is 5.67. The van der Waals surface area contributed by atoms with Crippen LogP contribution in [0.1, 0.15) is 25.3 Å². The molecule has 1 fully saturated rings. The average Bonchev–Trinajstić information content (AvgIpc) is 2.53. The summed E-state index contributed by atoms with van der Waals surface area (Å²) >= 11 is 0. The van der Waals surface area contributed by atoms with Crippen molar-refractivity contribution in [2.75, 3.05) is 19.7 Å². The molecule has 1 atom stereocenters. The molecule has 110 valence electrons. The molecule has 0 bridgehead atoms. The van der Waals surface area contributed by atoms with Gasteiger partial charge in [-0.1, -0.05) is 37.3 Å². The first-order valence-corrected chi connectivity index (χ1v) is 7.27. The van der Waals surface area contributed by atoms with E-state index in [0.29, 0.717) is 18.4 Å². The lowest BCUT2D eigenvalue weighted by atomic mass is 9.86. The van der Waals surface area contributed by atoms with E-state index in [2.05, 4.69) is 6.92 Å². The maximum absolute atomic E-state index is 12.0. The summed E-state index contributed by atoms with van der Waals surface area (Å²) < 4.78 is 5.33. The van der Waals surface area contributed by atoms with Crippen molar-refractivity contribution in [2.24, 2.45) is 11.8 Å². The zero-order valence-corrected chi connectivity index (χ0v) is 12.0. The third kappa shape index (κ3) is 3.97. The van der Waals surface area contributed by atoms with Crippen molar-refractivity contribution in [3.8, 4) is 0 Å². The summed E-state index contributed by atoms with van der Waals surface area (Å²) in [7, 11) is 0. The minimum atomic E-state index is -0.232. The molecule has 0 aliphatic carbocycles. The number of ether oxygens (including phenoxy) is 1. The van der Waals surface area contributed by atoms with Crippen LogP contribution in [-0.2, 0) is 11.3 Å². The van der Waals surface area contributed by atoms with Gasteiger partial charge in [0.2, 0.25) is 0 Å². The first-order valence-electron chi connectivity index (χ1n) is 7.27. The average molecular weight is 277 g/mol. The van der Waals surface area contributed by atoms with E-state index in [9.17, 15) is 4.79 Å². The second-order valence-electron chi connectivity index (χ2n) is 5.52. The van der Waals surface area contributed by atoms with Crippen LogP contribution >= 0.6 is 0 Å². The number of carbonyl (C=O) groups is 1. The van der Waals surface area contributed by atoms with Crippen LogP contribution in [0.2, 0.25) is 0 Å². The summed E-state index contributed by atoms with van der Waals surface area (Å²) in [5, 5.41) is 9.17. The normalized spacial score (nSPS) is 17.8. The van der Waals surface area contributed by atoms with Crippen molar-refractivity contribution in [2.45, 2.75) is 26.4 Å². The minimum Gasteiger partial charge on any atom is -0.445 e. The van der Waals surface area contributed by atoms with E-state index >= 15 is 0 Å². The summed E-state index contributed by atoms with van der Waals surface area (Å²) in [6.45, 7) is 4.06. The second-order valence-corrected chi connectivity index (χ2v) is 5.52. The lowest BCUT2D eigenvalue weighted by Gasteiger charge is -2.33. The highest BCUT2D eigenvalue weighted by atomic mass is 16.6. The van der Waals surface area contributed by atoms with Crippen LogP contribution in [0.25, 0.3) is 0 Å². The van der Waals surface area contributed by atoms with Crippen LogP contribution in [0.3, 0.4) is 0 Å². The first kappa shape index (κ1) is 14.9. The van der Waals surface area contributed by atoms with Gasteiger partial charge in [-0.2, -0.15) is 0 Å². The van der Waals surface area contributed by atoms with Gasteiger partial charge in [-0.15, -0.1) is 0 Å². The third-order valence-corrected chi connectivity index (χ3v) is 4.10. The molecule has 1 unspecified atom stereocenters. The van der Waals surface area contributed by atoms with Gasteiger partial charge < -0.3 is 14.7 Å². The molecule has 4 heteroatoms. The molecule has 1 N–H and O–H groups in total. The number of nitrogens with zero attached hydrogens (tertiary/aromatic N) is 1. The van der Waals surface area contributed by atoms with Crippen LogP contribution < -0.4 is 0 Å². The van der Waals surface area contributed by atoms with Crippen LogP contribution in [0.15, 0.2) is 30.3 Å². The number of piperidine rings is 1. The Hall–Kier alpha value is -1.55. The Labute approximate surface area is 120 Å². The Morgan fingerprint density at radius 1 is 1.35 bits per heavy atom. The predicted octanol–water partition coefficient (Wildman–Crippen LogP) is 2.66. The summed E-state index contributed by atoms with van der Waals surface area (Å²) in [6.07, 6.45) is 1.66. The lowest BCUT2D eigenvalue weighted by molar-refractivity contribution is 0.0704. The minimum absolute atomic E-state index is 0.225. The standard InChI is InChI=1S/C16H23NO3/c1-13(11-18)15-7-9-17(10-8-15)16(19)20-12-14-5-3-2-4-6-14/h2-6,13,15,18H,7-12H2,1H3. The number of likely N-dealkylation sites (tertiary alicyclic amines) is 1. The topological polar surface area (TPSA) is 49.8 Å². The highest BCUT2D eigenvalue weighted by Crippen LogP contribution is 2.24. The van der Waals surface area contributed by atoms with E-state index in [1.165, 1.54) is 0 Å². The van der Waals surface area contributed by atoms with E-state index in [-0.39, 0.29) is 12.7 Å². The quantitative estimate of drug-likeness (QED) is 0.920. The zero-order valence-electron chi connectivity index (χ0n) is 12.0. The number of aliphatic hydroxyl groups is 1. The number of hydrogen-bond donors (Lipinski definition) is 1. The molecule has 1 aliphatic rings. The fraction of sp³-hybridized carbons (Fsp3) is 0.562. The summed E-state index contributed by atoms with van der Waals surface area (Å²) in [5.41, 5.74) is 1.00. The number of hydrogen-bond acceptors (Lipinski definition) is 3. The van der Waals surface area contributed by atoms with Crippen molar-refractivity contribution >= 4 is 6.09 Å². The summed E-state index contributed by atoms with van der Waals surface area (Å²) in [6, 6.07) is 9.71. The van der Waals surface area contributed by atoms with Crippen molar-refractivity contribution in [1.29, 1.82) is 0 Å². The molecule has 0 spiro atoms. The number of aliphatic hydroxyl groups excluding tert-OH is 1. The molecule has 1 aromatic rings. The number of rotatable bonds is 4. The highest BCUT2D eigenvalue weighted by Gasteiger charge is 2.26. The van der Waals surface area contributed by atoms with Crippen LogP contribution in [0.4, 0.5) is 4.79 Å². The Morgan fingerprint density at radius 2 is 2.00 bits per heavy atom. The van der Waals surface area contributed by atoms with Gasteiger partial charge in [-0.3, -0.25) is 0 Å². The molecule has 1 aliphatic heterocycles. The van der Waals surface area contributed by atoms with E-state index in [1.54, 1.807) is 4.90 Å². The Morgan fingerprint density at radius 3 is 2.60 bits per heavy atom. The van der Waals surface area contributed by atoms with E-state index < -0.39 is 0 Å². The summed E-state index contributed by atoms with van der Waals surface area (Å²) in [4.78, 5) is 13.7. The Balaban J connectivity index is 1.75. The molecule has 4 nitrogen and oxygen atoms in total. The van der Waals surface area contributed by atoms with Crippen LogP contribution in [0, 0.1) is 11.8 Å². The van der Waals surface area contributed by atoms with Crippen LogP contribution in [-0.4, -0.2) is 35.8 Å². The molecular formula is C16H23NO3. The van der Waals surface area contributed by atoms with Crippen molar-refractivity contribution in [3.63, 3.8) is 0 Å². The molecule has 1 heterocycles. The third-order valence-electron chi connectivity index (χ3n) is 4.10. The molecular weight excluding hydrogens is 254 g/mol. The Bertz CT molecular complexity index is 413. The zero-order chi connectivity index (χ0) is 14.4. The van der Waals surface area contributed by atoms with Gasteiger partial charge in [0.05, 0.1) is 0 Å². The summed E-state index contributed by atoms with van der Waals surface area (Å²) in [5.74, 6) is 0.829. The van der Waals surface area contributed by atoms with Crippen LogP contribution in [0.5, 0.6) is 0 Å². The number of amides is 1. The van der Waals surface area contributed by atoms with Gasteiger partial charge >= 0.3 is 6.09 Å². The Kier molecular flexibility index (Phi) is 5.41. The van der Waals surface area contributed by atoms with Crippen molar-refractivity contribution < 1.29 is 14.6 Å². The van der Waals surface area contributed by atoms with Crippen molar-refractivity contribution in [3.05, 3.63) is 35.9 Å². The second kappa shape index (κ2) is 7.29. The van der Waals surface area contributed by atoms with Crippen molar-refractivity contribution in [1.82, 2.24) is 4.90 Å². The van der Waals surface area contributed by atoms with Gasteiger partial charge in [0, 0.05) is 19.7 Å². The monoisotopic (exact) mass is 277 g/mol. The van der Waals surface area contributed by atoms with E-state index in [0.717, 1.165) is 31.5 Å². The number of carbonyl (C=O) groups excluding carboxylic acids is 1. The van der Waals surface area contributed by atoms with Gasteiger partial charge in [0.1, 0.15) is 6.61 Å². The maximum atomic E-state index is 12.0. The molecule has 0 saturated carbocycles. The number of benzene rings is 1. The van der Waals surface area contributed by atoms with Gasteiger partial charge in [-0.25, -0.2) is 4.79 Å². The van der Waals surface area contributed by atoms with Gasteiger partial charge in [0.25, 0.3) is 0 Å². The fourth-order valence-corrected chi connectivity index (χ4v) is 2.61. The first-order chi connectivity index (χ1) is 9.70. The molecule has 20 heavy (non-hydrogen) atoms. The molecule has 0 radical (unpaired) electrons. The fourth-order valence-electron chi connectivity index (χ4n) is 2.61. The molecule has 2 rings (SSSR count). The van der Waals surface area contributed by atoms with E-state index in [1.807, 2.05) is 30.3 Å². The van der Waals surface area contributed by atoms with Gasteiger partial charge in [0.15, 0.2) is 0 Å². The van der Waals surface area contributed by atoms with E-state index in [4.69, 9.17) is 9.84 Å².